The average Bonchev–Trinajstić information content (AvgIpc) is 3.83. The minimum Gasteiger partial charge on any atom is -0.456 e. The van der Waals surface area contributed by atoms with Crippen molar-refractivity contribution in [3.63, 3.8) is 0 Å². The molecule has 2 nitrogen and oxygen atoms in total. The second-order valence-corrected chi connectivity index (χ2v) is 15.1. The number of para-hydroxylation sites is 1. The zero-order valence-electron chi connectivity index (χ0n) is 29.8. The molecule has 0 saturated carbocycles. The quantitative estimate of drug-likeness (QED) is 0.170. The zero-order chi connectivity index (χ0) is 36.3. The molecule has 0 aliphatic carbocycles. The van der Waals surface area contributed by atoms with E-state index in [1.54, 1.807) is 0 Å². The second kappa shape index (κ2) is 12.9. The third-order valence-electron chi connectivity index (χ3n) is 10.9. The monoisotopic (exact) mass is 719 g/mol. The fourth-order valence-corrected chi connectivity index (χ4v) is 9.49. The molecule has 2 heterocycles. The Morgan fingerprint density at radius 3 is 1.84 bits per heavy atom. The molecule has 0 N–H and O–H groups in total. The maximum absolute atomic E-state index is 6.31. The molecule has 0 saturated heterocycles. The van der Waals surface area contributed by atoms with Crippen molar-refractivity contribution in [2.75, 3.05) is 4.90 Å². The van der Waals surface area contributed by atoms with Gasteiger partial charge in [0.15, 0.2) is 0 Å². The Balaban J connectivity index is 1.02. The van der Waals surface area contributed by atoms with Crippen LogP contribution in [0.3, 0.4) is 0 Å². The molecule has 0 bridgehead atoms. The highest BCUT2D eigenvalue weighted by Gasteiger charge is 2.19. The van der Waals surface area contributed by atoms with E-state index in [-0.39, 0.29) is 0 Å². The number of fused-ring (bicyclic) bond motifs is 8. The molecule has 0 atom stereocenters. The Morgan fingerprint density at radius 1 is 0.382 bits per heavy atom. The first kappa shape index (κ1) is 31.6. The van der Waals surface area contributed by atoms with Gasteiger partial charge in [-0.3, -0.25) is 0 Å². The second-order valence-electron chi connectivity index (χ2n) is 14.1. The fourth-order valence-electron chi connectivity index (χ4n) is 8.25. The van der Waals surface area contributed by atoms with Crippen LogP contribution >= 0.6 is 11.3 Å². The van der Waals surface area contributed by atoms with E-state index in [0.29, 0.717) is 0 Å². The van der Waals surface area contributed by atoms with Crippen molar-refractivity contribution < 1.29 is 4.42 Å². The van der Waals surface area contributed by atoms with Crippen molar-refractivity contribution in [3.05, 3.63) is 200 Å². The molecule has 258 valence electrons. The van der Waals surface area contributed by atoms with Crippen LogP contribution in [0, 0.1) is 0 Å². The maximum atomic E-state index is 6.31. The summed E-state index contributed by atoms with van der Waals surface area (Å²) in [4.78, 5) is 2.38. The van der Waals surface area contributed by atoms with E-state index in [4.69, 9.17) is 4.42 Å². The van der Waals surface area contributed by atoms with Crippen LogP contribution in [0.4, 0.5) is 17.1 Å². The molecule has 11 aromatic rings. The van der Waals surface area contributed by atoms with Crippen LogP contribution in [0.5, 0.6) is 0 Å². The first-order valence-electron chi connectivity index (χ1n) is 18.7. The molecule has 0 aliphatic heterocycles. The smallest absolute Gasteiger partial charge is 0.136 e. The predicted molar refractivity (Wildman–Crippen MR) is 235 cm³/mol. The van der Waals surface area contributed by atoms with Gasteiger partial charge in [-0.05, 0) is 93.2 Å². The van der Waals surface area contributed by atoms with Crippen LogP contribution in [0.15, 0.2) is 205 Å². The number of nitrogens with zero attached hydrogens (tertiary/aromatic N) is 1. The number of furan rings is 1. The summed E-state index contributed by atoms with van der Waals surface area (Å²) in [6.45, 7) is 0. The van der Waals surface area contributed by atoms with Gasteiger partial charge in [0.25, 0.3) is 0 Å². The van der Waals surface area contributed by atoms with Crippen molar-refractivity contribution >= 4 is 81.3 Å². The molecule has 11 rings (SSSR count). The van der Waals surface area contributed by atoms with E-state index < -0.39 is 0 Å². The molecule has 0 unspecified atom stereocenters. The minimum atomic E-state index is 0.905. The molecule has 0 radical (unpaired) electrons. The van der Waals surface area contributed by atoms with Gasteiger partial charge >= 0.3 is 0 Å². The zero-order valence-corrected chi connectivity index (χ0v) is 30.6. The van der Waals surface area contributed by atoms with Gasteiger partial charge in [0.05, 0.1) is 5.69 Å². The fraction of sp³-hybridized carbons (Fsp3) is 0. The molecular formula is C52H33NOS. The number of thiophene rings is 1. The summed E-state index contributed by atoms with van der Waals surface area (Å²) in [6, 6.07) is 72.1. The van der Waals surface area contributed by atoms with Crippen LogP contribution in [0.2, 0.25) is 0 Å². The van der Waals surface area contributed by atoms with Gasteiger partial charge in [-0.15, -0.1) is 11.3 Å². The van der Waals surface area contributed by atoms with Gasteiger partial charge in [0, 0.05) is 47.9 Å². The highest BCUT2D eigenvalue weighted by molar-refractivity contribution is 7.26. The van der Waals surface area contributed by atoms with Gasteiger partial charge in [-0.25, -0.2) is 0 Å². The number of hydrogen-bond donors (Lipinski definition) is 0. The lowest BCUT2D eigenvalue weighted by Crippen LogP contribution is -2.11. The van der Waals surface area contributed by atoms with Crippen molar-refractivity contribution in [2.45, 2.75) is 0 Å². The Morgan fingerprint density at radius 2 is 1.00 bits per heavy atom. The maximum Gasteiger partial charge on any atom is 0.136 e. The van der Waals surface area contributed by atoms with Crippen LogP contribution < -0.4 is 4.90 Å². The first-order chi connectivity index (χ1) is 27.3. The molecule has 0 fully saturated rings. The average molecular weight is 720 g/mol. The van der Waals surface area contributed by atoms with E-state index in [2.05, 4.69) is 205 Å². The lowest BCUT2D eigenvalue weighted by molar-refractivity contribution is 0.669. The van der Waals surface area contributed by atoms with E-state index in [1.165, 1.54) is 58.6 Å². The van der Waals surface area contributed by atoms with E-state index in [1.807, 2.05) is 11.3 Å². The lowest BCUT2D eigenvalue weighted by Gasteiger charge is -2.28. The van der Waals surface area contributed by atoms with Gasteiger partial charge in [-0.2, -0.15) is 0 Å². The minimum absolute atomic E-state index is 0.905. The highest BCUT2D eigenvalue weighted by Crippen LogP contribution is 2.44. The van der Waals surface area contributed by atoms with Crippen LogP contribution in [-0.2, 0) is 0 Å². The van der Waals surface area contributed by atoms with Crippen LogP contribution in [0.25, 0.3) is 86.3 Å². The predicted octanol–water partition coefficient (Wildman–Crippen LogP) is 15.6. The summed E-state index contributed by atoms with van der Waals surface area (Å²) in [5, 5.41) is 7.37. The molecule has 3 heteroatoms. The summed E-state index contributed by atoms with van der Waals surface area (Å²) in [5.74, 6) is 0. The summed E-state index contributed by atoms with van der Waals surface area (Å²) in [7, 11) is 0. The Bertz CT molecular complexity index is 3190. The number of hydrogen-bond acceptors (Lipinski definition) is 3. The Hall–Kier alpha value is -6.94. The molecule has 0 spiro atoms. The van der Waals surface area contributed by atoms with Crippen molar-refractivity contribution in [1.29, 1.82) is 0 Å². The summed E-state index contributed by atoms with van der Waals surface area (Å²) in [6.07, 6.45) is 0. The van der Waals surface area contributed by atoms with Gasteiger partial charge < -0.3 is 9.32 Å². The van der Waals surface area contributed by atoms with Crippen molar-refractivity contribution in [2.24, 2.45) is 0 Å². The topological polar surface area (TPSA) is 16.4 Å². The lowest BCUT2D eigenvalue weighted by atomic mass is 9.99. The van der Waals surface area contributed by atoms with Crippen LogP contribution in [-0.4, -0.2) is 0 Å². The third kappa shape index (κ3) is 5.32. The summed E-state index contributed by atoms with van der Waals surface area (Å²) in [5.41, 5.74) is 12.3. The number of rotatable bonds is 6. The number of anilines is 3. The summed E-state index contributed by atoms with van der Waals surface area (Å²) >= 11 is 1.87. The number of benzene rings is 9. The molecule has 2 aromatic heterocycles. The van der Waals surface area contributed by atoms with Crippen LogP contribution in [0.1, 0.15) is 0 Å². The van der Waals surface area contributed by atoms with Crippen molar-refractivity contribution in [3.8, 4) is 33.4 Å². The van der Waals surface area contributed by atoms with E-state index >= 15 is 0 Å². The van der Waals surface area contributed by atoms with Gasteiger partial charge in [0.1, 0.15) is 11.2 Å². The van der Waals surface area contributed by atoms with Gasteiger partial charge in [0.2, 0.25) is 0 Å². The first-order valence-corrected chi connectivity index (χ1v) is 19.5. The summed E-state index contributed by atoms with van der Waals surface area (Å²) < 4.78 is 8.96. The molecule has 55 heavy (non-hydrogen) atoms. The largest absolute Gasteiger partial charge is 0.456 e. The molecule has 0 aliphatic rings. The Labute approximate surface area is 322 Å². The van der Waals surface area contributed by atoms with E-state index in [0.717, 1.165) is 44.7 Å². The van der Waals surface area contributed by atoms with Crippen molar-refractivity contribution in [1.82, 2.24) is 0 Å². The standard InChI is InChI=1S/C52H33NOS/c1-2-11-35(12-3-1)41-14-6-8-19-47(41)53(40-29-23-37(24-30-40)43-17-10-18-45-44-16-7-9-20-50(44)55-52(43)45)39-27-21-34(22-28-39)38-26-31-48-46(33-38)51-42-15-5-4-13-36(42)25-32-49(51)54-48/h1-33H. The normalized spacial score (nSPS) is 11.6. The molecular weight excluding hydrogens is 687 g/mol. The molecule has 0 amide bonds. The SMILES string of the molecule is c1ccc(-c2ccccc2N(c2ccc(-c3ccc4oc5ccc6ccccc6c5c4c3)cc2)c2ccc(-c3cccc4c3sc3ccccc34)cc2)cc1. The Kier molecular flexibility index (Phi) is 7.39. The highest BCUT2D eigenvalue weighted by atomic mass is 32.1. The third-order valence-corrected chi connectivity index (χ3v) is 12.1. The van der Waals surface area contributed by atoms with E-state index in [9.17, 15) is 0 Å². The van der Waals surface area contributed by atoms with Gasteiger partial charge in [-0.1, -0.05) is 146 Å². The molecule has 9 aromatic carbocycles.